The minimum Gasteiger partial charge on any atom is -0.457 e. The summed E-state index contributed by atoms with van der Waals surface area (Å²) in [6, 6.07) is 25.7. The third-order valence-corrected chi connectivity index (χ3v) is 6.19. The summed E-state index contributed by atoms with van der Waals surface area (Å²) in [6.45, 7) is 0.867. The Hall–Kier alpha value is -4.30. The van der Waals surface area contributed by atoms with Gasteiger partial charge in [0.1, 0.15) is 11.5 Å². The molecule has 1 atom stereocenters. The highest BCUT2D eigenvalue weighted by atomic mass is 35.5. The molecule has 0 radical (unpaired) electrons. The van der Waals surface area contributed by atoms with Crippen molar-refractivity contribution < 1.29 is 14.3 Å². The maximum atomic E-state index is 12.9. The number of anilines is 1. The van der Waals surface area contributed by atoms with Gasteiger partial charge in [-0.3, -0.25) is 9.69 Å². The molecule has 200 valence electrons. The molecule has 0 saturated heterocycles. The number of para-hydroxylation sites is 1. The van der Waals surface area contributed by atoms with E-state index in [0.717, 1.165) is 11.3 Å². The molecule has 4 rings (SSSR count). The quantitative estimate of drug-likeness (QED) is 0.253. The summed E-state index contributed by atoms with van der Waals surface area (Å²) in [5.74, 6) is 1.68. The number of hydrogen-bond donors (Lipinski definition) is 1. The van der Waals surface area contributed by atoms with Gasteiger partial charge >= 0.3 is 0 Å². The molecule has 39 heavy (non-hydrogen) atoms. The second-order valence-corrected chi connectivity index (χ2v) is 9.10. The lowest BCUT2D eigenvalue weighted by molar-refractivity contribution is -0.117. The number of aryl methyl sites for hydroxylation is 1. The molecule has 0 fully saturated rings. The Bertz CT molecular complexity index is 1390. The number of ether oxygens (including phenoxy) is 2. The van der Waals surface area contributed by atoms with Crippen molar-refractivity contribution in [2.75, 3.05) is 25.5 Å². The Morgan fingerprint density at radius 1 is 1.08 bits per heavy atom. The van der Waals surface area contributed by atoms with Crippen LogP contribution in [-0.4, -0.2) is 51.2 Å². The van der Waals surface area contributed by atoms with Crippen molar-refractivity contribution in [1.82, 2.24) is 25.1 Å². The first-order valence-corrected chi connectivity index (χ1v) is 12.7. The number of likely N-dealkylation sites (N-methyl/N-ethyl adjacent to an activating group) is 1. The predicted octanol–water partition coefficient (Wildman–Crippen LogP) is 4.86. The summed E-state index contributed by atoms with van der Waals surface area (Å²) in [6.07, 6.45) is 0.249. The zero-order valence-corrected chi connectivity index (χ0v) is 22.2. The lowest BCUT2D eigenvalue weighted by Crippen LogP contribution is -2.37. The van der Waals surface area contributed by atoms with E-state index in [1.807, 2.05) is 53.4 Å². The molecule has 1 unspecified atom stereocenters. The number of hydrogen-bond acceptors (Lipinski definition) is 8. The van der Waals surface area contributed by atoms with Crippen LogP contribution in [0.5, 0.6) is 11.5 Å². The molecule has 11 heteroatoms. The molecule has 1 aromatic heterocycles. The van der Waals surface area contributed by atoms with Crippen LogP contribution in [0, 0.1) is 11.3 Å². The van der Waals surface area contributed by atoms with E-state index in [1.165, 1.54) is 0 Å². The molecule has 0 spiro atoms. The van der Waals surface area contributed by atoms with Crippen molar-refractivity contribution in [3.05, 3.63) is 95.3 Å². The Morgan fingerprint density at radius 2 is 1.79 bits per heavy atom. The highest BCUT2D eigenvalue weighted by Gasteiger charge is 2.26. The smallest absolute Gasteiger partial charge is 0.238 e. The SMILES string of the molecule is CN(CC(=O)Nc1ccc(Oc2ccccc2)cc1)C(COCc1ccccc1Cl)c1nnnn1CCC#N. The lowest BCUT2D eigenvalue weighted by Gasteiger charge is -2.26. The van der Waals surface area contributed by atoms with E-state index in [2.05, 4.69) is 26.9 Å². The molecule has 4 aromatic rings. The van der Waals surface area contributed by atoms with Gasteiger partial charge in [-0.15, -0.1) is 5.10 Å². The lowest BCUT2D eigenvalue weighted by atomic mass is 10.2. The van der Waals surface area contributed by atoms with Crippen molar-refractivity contribution >= 4 is 23.2 Å². The van der Waals surface area contributed by atoms with Crippen LogP contribution in [0.2, 0.25) is 5.02 Å². The van der Waals surface area contributed by atoms with Crippen molar-refractivity contribution in [2.45, 2.75) is 25.6 Å². The normalized spacial score (nSPS) is 11.6. The molecular weight excluding hydrogens is 518 g/mol. The van der Waals surface area contributed by atoms with Gasteiger partial charge in [-0.1, -0.05) is 48.0 Å². The van der Waals surface area contributed by atoms with Gasteiger partial charge in [-0.2, -0.15) is 5.26 Å². The zero-order valence-electron chi connectivity index (χ0n) is 21.4. The first-order valence-electron chi connectivity index (χ1n) is 12.3. The average molecular weight is 546 g/mol. The molecule has 10 nitrogen and oxygen atoms in total. The molecule has 0 aliphatic carbocycles. The summed E-state index contributed by atoms with van der Waals surface area (Å²) in [7, 11) is 1.79. The van der Waals surface area contributed by atoms with Gasteiger partial charge in [0.25, 0.3) is 0 Å². The Balaban J connectivity index is 1.39. The molecule has 1 heterocycles. The number of nitrogens with zero attached hydrogens (tertiary/aromatic N) is 6. The Morgan fingerprint density at radius 3 is 2.54 bits per heavy atom. The molecule has 0 aliphatic heterocycles. The number of tetrazole rings is 1. The topological polar surface area (TPSA) is 118 Å². The molecule has 0 saturated carbocycles. The molecule has 3 aromatic carbocycles. The largest absolute Gasteiger partial charge is 0.457 e. The van der Waals surface area contributed by atoms with Gasteiger partial charge in [0, 0.05) is 10.7 Å². The van der Waals surface area contributed by atoms with E-state index in [9.17, 15) is 4.79 Å². The summed E-state index contributed by atoms with van der Waals surface area (Å²) >= 11 is 6.26. The summed E-state index contributed by atoms with van der Waals surface area (Å²) in [5.41, 5.74) is 1.49. The Labute approximate surface area is 231 Å². The van der Waals surface area contributed by atoms with E-state index in [1.54, 1.807) is 42.1 Å². The first kappa shape index (κ1) is 27.7. The summed E-state index contributed by atoms with van der Waals surface area (Å²) in [4.78, 5) is 14.7. The fourth-order valence-corrected chi connectivity index (χ4v) is 4.02. The van der Waals surface area contributed by atoms with Crippen molar-refractivity contribution in [2.24, 2.45) is 0 Å². The van der Waals surface area contributed by atoms with Gasteiger partial charge in [-0.05, 0) is 65.5 Å². The van der Waals surface area contributed by atoms with E-state index in [4.69, 9.17) is 26.3 Å². The highest BCUT2D eigenvalue weighted by Crippen LogP contribution is 2.23. The molecule has 0 aliphatic rings. The third-order valence-electron chi connectivity index (χ3n) is 5.83. The van der Waals surface area contributed by atoms with Gasteiger partial charge in [0.2, 0.25) is 5.91 Å². The van der Waals surface area contributed by atoms with E-state index in [0.29, 0.717) is 28.8 Å². The number of aromatic nitrogens is 4. The number of benzene rings is 3. The number of nitrogens with one attached hydrogen (secondary N) is 1. The maximum absolute atomic E-state index is 12.9. The minimum atomic E-state index is -0.450. The van der Waals surface area contributed by atoms with Crippen LogP contribution in [0.25, 0.3) is 0 Å². The number of amides is 1. The van der Waals surface area contributed by atoms with Crippen LogP contribution in [0.3, 0.4) is 0 Å². The maximum Gasteiger partial charge on any atom is 0.238 e. The van der Waals surface area contributed by atoms with Gasteiger partial charge in [0.15, 0.2) is 5.82 Å². The predicted molar refractivity (Wildman–Crippen MR) is 146 cm³/mol. The summed E-state index contributed by atoms with van der Waals surface area (Å²) < 4.78 is 13.4. The second-order valence-electron chi connectivity index (χ2n) is 8.69. The average Bonchev–Trinajstić information content (AvgIpc) is 3.40. The molecule has 0 bridgehead atoms. The van der Waals surface area contributed by atoms with Crippen LogP contribution >= 0.6 is 11.6 Å². The van der Waals surface area contributed by atoms with Crippen molar-refractivity contribution in [1.29, 1.82) is 5.26 Å². The Kier molecular flexibility index (Phi) is 9.97. The van der Waals surface area contributed by atoms with Gasteiger partial charge < -0.3 is 14.8 Å². The number of carbonyl (C=O) groups is 1. The third kappa shape index (κ3) is 8.09. The fourth-order valence-electron chi connectivity index (χ4n) is 3.83. The van der Waals surface area contributed by atoms with Crippen LogP contribution in [0.4, 0.5) is 5.69 Å². The minimum absolute atomic E-state index is 0.0491. The van der Waals surface area contributed by atoms with Crippen LogP contribution in [0.15, 0.2) is 78.9 Å². The second kappa shape index (κ2) is 14.0. The standard InChI is InChI=1S/C28H28ClN7O3/c1-35(18-27(37)31-22-12-14-24(15-13-22)39-23-9-3-2-4-10-23)26(28-32-33-34-36(28)17-7-16-30)20-38-19-21-8-5-6-11-25(21)29/h2-6,8-15,26H,7,17-20H2,1H3,(H,31,37). The number of carbonyl (C=O) groups excluding carboxylic acids is 1. The van der Waals surface area contributed by atoms with Gasteiger partial charge in [0.05, 0.1) is 44.8 Å². The van der Waals surface area contributed by atoms with Crippen LogP contribution in [-0.2, 0) is 22.7 Å². The number of nitriles is 1. The van der Waals surface area contributed by atoms with Crippen LogP contribution in [0.1, 0.15) is 23.9 Å². The fraction of sp³-hybridized carbons (Fsp3) is 0.250. The first-order chi connectivity index (χ1) is 19.0. The van der Waals surface area contributed by atoms with Crippen molar-refractivity contribution in [3.63, 3.8) is 0 Å². The van der Waals surface area contributed by atoms with Crippen molar-refractivity contribution in [3.8, 4) is 17.6 Å². The zero-order chi connectivity index (χ0) is 27.5. The van der Waals surface area contributed by atoms with Crippen LogP contribution < -0.4 is 10.1 Å². The molecule has 1 amide bonds. The molecule has 1 N–H and O–H groups in total. The van der Waals surface area contributed by atoms with E-state index < -0.39 is 6.04 Å². The van der Waals surface area contributed by atoms with E-state index in [-0.39, 0.29) is 32.1 Å². The monoisotopic (exact) mass is 545 g/mol. The number of rotatable bonds is 13. The highest BCUT2D eigenvalue weighted by molar-refractivity contribution is 6.31. The summed E-state index contributed by atoms with van der Waals surface area (Å²) in [5, 5.41) is 24.5. The van der Waals surface area contributed by atoms with E-state index >= 15 is 0 Å². The number of halogens is 1. The van der Waals surface area contributed by atoms with Gasteiger partial charge in [-0.25, -0.2) is 4.68 Å². The molecular formula is C28H28ClN7O3.